The van der Waals surface area contributed by atoms with Gasteiger partial charge >= 0.3 is 6.09 Å². The van der Waals surface area contributed by atoms with E-state index in [-0.39, 0.29) is 19.4 Å². The first-order valence-corrected chi connectivity index (χ1v) is 8.46. The van der Waals surface area contributed by atoms with E-state index in [1.807, 2.05) is 36.4 Å². The molecule has 0 aromatic heterocycles. The monoisotopic (exact) mass is 360 g/mol. The quantitative estimate of drug-likeness (QED) is 0.361. The summed E-state index contributed by atoms with van der Waals surface area (Å²) in [4.78, 5) is 45.2. The van der Waals surface area contributed by atoms with Crippen molar-refractivity contribution in [2.45, 2.75) is 44.4 Å². The van der Waals surface area contributed by atoms with Crippen LogP contribution >= 0.6 is 0 Å². The summed E-state index contributed by atoms with van der Waals surface area (Å²) in [6.45, 7) is 0.155. The second-order valence-corrected chi connectivity index (χ2v) is 6.03. The number of carbonyl (C=O) groups excluding carboxylic acids is 3. The van der Waals surface area contributed by atoms with Crippen LogP contribution in [0.4, 0.5) is 4.79 Å². The zero-order chi connectivity index (χ0) is 18.4. The summed E-state index contributed by atoms with van der Waals surface area (Å²) >= 11 is 0. The lowest BCUT2D eigenvalue weighted by atomic mass is 10.00. The van der Waals surface area contributed by atoms with Gasteiger partial charge in [0.15, 0.2) is 0 Å². The first-order chi connectivity index (χ1) is 12.6. The minimum atomic E-state index is -0.590. The molecular formula is C18H20N2O6. The maximum Gasteiger partial charge on any atom is 0.408 e. The maximum absolute atomic E-state index is 12.0. The Kier molecular flexibility index (Phi) is 5.98. The molecule has 1 aromatic carbocycles. The smallest absolute Gasteiger partial charge is 0.408 e. The van der Waals surface area contributed by atoms with Gasteiger partial charge in [-0.1, -0.05) is 42.5 Å². The molecule has 0 radical (unpaired) electrons. The van der Waals surface area contributed by atoms with Gasteiger partial charge in [-0.25, -0.2) is 9.68 Å². The van der Waals surface area contributed by atoms with Gasteiger partial charge in [-0.3, -0.25) is 9.59 Å². The summed E-state index contributed by atoms with van der Waals surface area (Å²) in [5.41, 5.74) is 0.879. The Bertz CT molecular complexity index is 674. The van der Waals surface area contributed by atoms with E-state index in [2.05, 4.69) is 5.32 Å². The number of nitrogens with zero attached hydrogens (tertiary/aromatic N) is 1. The van der Waals surface area contributed by atoms with Gasteiger partial charge in [-0.05, 0) is 18.4 Å². The molecule has 2 unspecified atom stereocenters. The maximum atomic E-state index is 12.0. The Labute approximate surface area is 150 Å². The average Bonchev–Trinajstić information content (AvgIpc) is 2.98. The number of rotatable bonds is 6. The number of alkyl carbamates (subject to hydrolysis) is 1. The van der Waals surface area contributed by atoms with E-state index in [0.717, 1.165) is 12.0 Å². The van der Waals surface area contributed by atoms with Gasteiger partial charge < -0.3 is 10.1 Å². The van der Waals surface area contributed by atoms with Crippen molar-refractivity contribution in [2.75, 3.05) is 0 Å². The van der Waals surface area contributed by atoms with E-state index in [1.165, 1.54) is 0 Å². The number of hydrogen-bond acceptors (Lipinski definition) is 6. The highest BCUT2D eigenvalue weighted by atomic mass is 17.3. The normalized spacial score (nSPS) is 22.5. The predicted octanol–water partition coefficient (Wildman–Crippen LogP) is 2.01. The van der Waals surface area contributed by atoms with Gasteiger partial charge in [-0.2, -0.15) is 0 Å². The number of amides is 3. The fourth-order valence-electron chi connectivity index (χ4n) is 2.69. The van der Waals surface area contributed by atoms with Crippen LogP contribution in [0.3, 0.4) is 0 Å². The van der Waals surface area contributed by atoms with Crippen molar-refractivity contribution in [1.82, 2.24) is 10.4 Å². The van der Waals surface area contributed by atoms with Gasteiger partial charge in [0.05, 0.1) is 6.04 Å². The van der Waals surface area contributed by atoms with Crippen molar-refractivity contribution in [3.63, 3.8) is 0 Å². The molecule has 1 aromatic rings. The number of benzene rings is 1. The average molecular weight is 360 g/mol. The third-order valence-corrected chi connectivity index (χ3v) is 4.11. The molecule has 0 bridgehead atoms. The molecule has 1 saturated heterocycles. The molecule has 0 spiro atoms. The second kappa shape index (κ2) is 8.59. The predicted molar refractivity (Wildman–Crippen MR) is 89.0 cm³/mol. The number of allylic oxidation sites excluding steroid dienone is 1. The summed E-state index contributed by atoms with van der Waals surface area (Å²) in [6.07, 6.45) is 4.07. The molecule has 1 fully saturated rings. The molecular weight excluding hydrogens is 340 g/mol. The van der Waals surface area contributed by atoms with E-state index < -0.39 is 30.1 Å². The lowest BCUT2D eigenvalue weighted by Gasteiger charge is -2.27. The second-order valence-electron chi connectivity index (χ2n) is 6.03. The van der Waals surface area contributed by atoms with Crippen LogP contribution in [-0.4, -0.2) is 35.1 Å². The lowest BCUT2D eigenvalue weighted by Crippen LogP contribution is -2.45. The highest BCUT2D eigenvalue weighted by Crippen LogP contribution is 2.19. The number of carbonyl (C=O) groups is 3. The van der Waals surface area contributed by atoms with Crippen molar-refractivity contribution < 1.29 is 29.0 Å². The number of nitrogens with one attached hydrogen (secondary N) is 1. The third kappa shape index (κ3) is 4.68. The van der Waals surface area contributed by atoms with Crippen LogP contribution in [0.5, 0.6) is 0 Å². The zero-order valence-corrected chi connectivity index (χ0v) is 14.1. The fourth-order valence-corrected chi connectivity index (χ4v) is 2.69. The van der Waals surface area contributed by atoms with Crippen molar-refractivity contribution in [2.24, 2.45) is 0 Å². The molecule has 2 aliphatic rings. The SMILES string of the molecule is O=C(NC1C=CCCC1OON1C(=O)CCC1=O)OCc1ccccc1. The first-order valence-electron chi connectivity index (χ1n) is 8.46. The first kappa shape index (κ1) is 18.1. The van der Waals surface area contributed by atoms with Gasteiger partial charge in [0.25, 0.3) is 11.8 Å². The molecule has 3 rings (SSSR count). The van der Waals surface area contributed by atoms with Gasteiger partial charge in [-0.15, -0.1) is 10.1 Å². The largest absolute Gasteiger partial charge is 0.445 e. The van der Waals surface area contributed by atoms with Crippen molar-refractivity contribution in [1.29, 1.82) is 0 Å². The topological polar surface area (TPSA) is 94.2 Å². The molecule has 26 heavy (non-hydrogen) atoms. The minimum absolute atomic E-state index is 0.111. The van der Waals surface area contributed by atoms with Crippen LogP contribution in [0.1, 0.15) is 31.2 Å². The van der Waals surface area contributed by atoms with E-state index in [4.69, 9.17) is 14.6 Å². The molecule has 1 N–H and O–H groups in total. The molecule has 0 saturated carbocycles. The highest BCUT2D eigenvalue weighted by molar-refractivity contribution is 6.00. The molecule has 1 aliphatic heterocycles. The van der Waals surface area contributed by atoms with Crippen molar-refractivity contribution in [3.05, 3.63) is 48.0 Å². The molecule has 1 aliphatic carbocycles. The lowest BCUT2D eigenvalue weighted by molar-refractivity contribution is -0.416. The van der Waals surface area contributed by atoms with Gasteiger partial charge in [0.2, 0.25) is 0 Å². The van der Waals surface area contributed by atoms with Crippen LogP contribution in [-0.2, 0) is 30.8 Å². The van der Waals surface area contributed by atoms with Crippen LogP contribution in [0.25, 0.3) is 0 Å². The van der Waals surface area contributed by atoms with Crippen LogP contribution in [0.2, 0.25) is 0 Å². The van der Waals surface area contributed by atoms with Crippen molar-refractivity contribution >= 4 is 17.9 Å². The Balaban J connectivity index is 1.49. The Hall–Kier alpha value is -2.71. The fraction of sp³-hybridized carbons (Fsp3) is 0.389. The summed E-state index contributed by atoms with van der Waals surface area (Å²) in [5, 5.41) is 3.32. The standard InChI is InChI=1S/C18H20N2O6/c21-16-10-11-17(22)20(16)26-25-15-9-5-4-8-14(15)19-18(23)24-12-13-6-2-1-3-7-13/h1-4,6-8,14-15H,5,9-12H2,(H,19,23). The van der Waals surface area contributed by atoms with Gasteiger partial charge in [0.1, 0.15) is 12.7 Å². The zero-order valence-electron chi connectivity index (χ0n) is 14.1. The summed E-state index contributed by atoms with van der Waals surface area (Å²) < 4.78 is 5.19. The van der Waals surface area contributed by atoms with Crippen LogP contribution in [0, 0.1) is 0 Å². The molecule has 2 atom stereocenters. The minimum Gasteiger partial charge on any atom is -0.445 e. The van der Waals surface area contributed by atoms with E-state index in [0.29, 0.717) is 11.5 Å². The molecule has 8 nitrogen and oxygen atoms in total. The van der Waals surface area contributed by atoms with Crippen LogP contribution in [0.15, 0.2) is 42.5 Å². The Morgan fingerprint density at radius 1 is 1.15 bits per heavy atom. The highest BCUT2D eigenvalue weighted by Gasteiger charge is 2.33. The third-order valence-electron chi connectivity index (χ3n) is 4.11. The molecule has 8 heteroatoms. The number of hydroxylamine groups is 2. The molecule has 1 heterocycles. The summed E-state index contributed by atoms with van der Waals surface area (Å²) in [6, 6.07) is 8.84. The van der Waals surface area contributed by atoms with Crippen LogP contribution < -0.4 is 5.32 Å². The van der Waals surface area contributed by atoms with E-state index in [1.54, 1.807) is 6.08 Å². The summed E-state index contributed by atoms with van der Waals surface area (Å²) in [7, 11) is 0. The Morgan fingerprint density at radius 3 is 2.62 bits per heavy atom. The van der Waals surface area contributed by atoms with E-state index in [9.17, 15) is 14.4 Å². The summed E-state index contributed by atoms with van der Waals surface area (Å²) in [5.74, 6) is -0.874. The molecule has 3 amide bonds. The van der Waals surface area contributed by atoms with E-state index >= 15 is 0 Å². The number of imide groups is 1. The molecule has 138 valence electrons. The Morgan fingerprint density at radius 2 is 1.88 bits per heavy atom. The van der Waals surface area contributed by atoms with Gasteiger partial charge in [0, 0.05) is 12.8 Å². The number of ether oxygens (including phenoxy) is 1. The van der Waals surface area contributed by atoms with Crippen molar-refractivity contribution in [3.8, 4) is 0 Å². The number of hydrogen-bond donors (Lipinski definition) is 1.